The van der Waals surface area contributed by atoms with Crippen LogP contribution in [0.15, 0.2) is 47.8 Å². The Labute approximate surface area is 202 Å². The minimum Gasteiger partial charge on any atom is -0.470 e. The SMILES string of the molecule is C/C(N)=C(\COc1ccc(N2CCN3CCN(C)C(=O)C3C2)nn1)N(N)c1ccc(C(F)F)cc1. The smallest absolute Gasteiger partial charge is 0.263 e. The number of hydrogen-bond acceptors (Lipinski definition) is 9. The Morgan fingerprint density at radius 3 is 2.49 bits per heavy atom. The van der Waals surface area contributed by atoms with Crippen molar-refractivity contribution < 1.29 is 18.3 Å². The minimum atomic E-state index is -2.56. The molecular formula is C23H30F2N8O2. The van der Waals surface area contributed by atoms with Crippen molar-refractivity contribution in [2.75, 3.05) is 56.3 Å². The lowest BCUT2D eigenvalue weighted by atomic mass is 10.1. The highest BCUT2D eigenvalue weighted by Crippen LogP contribution is 2.24. The van der Waals surface area contributed by atoms with Crippen molar-refractivity contribution in [2.45, 2.75) is 19.4 Å². The lowest BCUT2D eigenvalue weighted by molar-refractivity contribution is -0.140. The number of benzene rings is 1. The lowest BCUT2D eigenvalue weighted by Crippen LogP contribution is -2.64. The van der Waals surface area contributed by atoms with Crippen LogP contribution in [0.5, 0.6) is 5.88 Å². The van der Waals surface area contributed by atoms with Crippen molar-refractivity contribution in [3.05, 3.63) is 53.4 Å². The maximum absolute atomic E-state index is 12.8. The summed E-state index contributed by atoms with van der Waals surface area (Å²) in [7, 11) is 1.83. The van der Waals surface area contributed by atoms with Crippen LogP contribution in [0.3, 0.4) is 0 Å². The summed E-state index contributed by atoms with van der Waals surface area (Å²) in [6.07, 6.45) is -2.56. The van der Waals surface area contributed by atoms with Crippen LogP contribution in [0.25, 0.3) is 0 Å². The standard InChI is InChI=1S/C23H30F2N8O2/c1-15(26)19(33(27)17-5-3-16(4-6-17)22(24)25)14-35-21-8-7-20(28-29-21)32-12-11-31-10-9-30(2)23(34)18(31)13-32/h3-8,18,22H,9-14,26-27H2,1-2H3/b19-15-. The number of carbonyl (C=O) groups is 1. The molecule has 2 aliphatic rings. The molecule has 1 atom stereocenters. The molecule has 0 saturated carbocycles. The average molecular weight is 489 g/mol. The predicted molar refractivity (Wildman–Crippen MR) is 128 cm³/mol. The van der Waals surface area contributed by atoms with E-state index in [1.165, 1.54) is 29.3 Å². The Balaban J connectivity index is 1.38. The Hall–Kier alpha value is -3.51. The summed E-state index contributed by atoms with van der Waals surface area (Å²) in [6, 6.07) is 8.94. The van der Waals surface area contributed by atoms with Gasteiger partial charge in [-0.3, -0.25) is 14.7 Å². The number of anilines is 2. The number of carbonyl (C=O) groups excluding carboxylic acids is 1. The molecule has 2 fully saturated rings. The first-order chi connectivity index (χ1) is 16.7. The van der Waals surface area contributed by atoms with E-state index in [4.69, 9.17) is 16.3 Å². The third-order valence-corrected chi connectivity index (χ3v) is 6.35. The zero-order valence-corrected chi connectivity index (χ0v) is 19.8. The largest absolute Gasteiger partial charge is 0.470 e. The molecule has 35 heavy (non-hydrogen) atoms. The van der Waals surface area contributed by atoms with E-state index in [1.54, 1.807) is 24.0 Å². The van der Waals surface area contributed by atoms with E-state index >= 15 is 0 Å². The molecule has 1 aromatic heterocycles. The number of piperazine rings is 2. The summed E-state index contributed by atoms with van der Waals surface area (Å²) in [6.45, 7) is 5.41. The van der Waals surface area contributed by atoms with Crippen LogP contribution in [-0.2, 0) is 4.79 Å². The van der Waals surface area contributed by atoms with Gasteiger partial charge in [-0.15, -0.1) is 10.2 Å². The predicted octanol–water partition coefficient (Wildman–Crippen LogP) is 1.33. The van der Waals surface area contributed by atoms with Crippen LogP contribution < -0.4 is 26.2 Å². The highest BCUT2D eigenvalue weighted by molar-refractivity contribution is 5.83. The monoisotopic (exact) mass is 488 g/mol. The number of likely N-dealkylation sites (N-methyl/N-ethyl adjacent to an activating group) is 1. The second-order valence-corrected chi connectivity index (χ2v) is 8.67. The molecule has 3 heterocycles. The van der Waals surface area contributed by atoms with Gasteiger partial charge in [0.1, 0.15) is 12.6 Å². The topological polar surface area (TPSA) is 117 Å². The average Bonchev–Trinajstić information content (AvgIpc) is 2.86. The molecule has 1 aromatic carbocycles. The summed E-state index contributed by atoms with van der Waals surface area (Å²) >= 11 is 0. The van der Waals surface area contributed by atoms with E-state index in [0.717, 1.165) is 26.2 Å². The van der Waals surface area contributed by atoms with Crippen molar-refractivity contribution >= 4 is 17.4 Å². The van der Waals surface area contributed by atoms with Gasteiger partial charge in [0.05, 0.1) is 11.4 Å². The maximum atomic E-state index is 12.8. The van der Waals surface area contributed by atoms with Crippen molar-refractivity contribution in [2.24, 2.45) is 11.6 Å². The number of nitrogens with zero attached hydrogens (tertiary/aromatic N) is 6. The number of rotatable bonds is 7. The quantitative estimate of drug-likeness (QED) is 0.440. The van der Waals surface area contributed by atoms with Crippen molar-refractivity contribution in [3.8, 4) is 5.88 Å². The summed E-state index contributed by atoms with van der Waals surface area (Å²) in [5.41, 5.74) is 7.26. The second-order valence-electron chi connectivity index (χ2n) is 8.67. The zero-order chi connectivity index (χ0) is 25.1. The van der Waals surface area contributed by atoms with Gasteiger partial charge in [-0.25, -0.2) is 14.6 Å². The molecule has 2 aromatic rings. The first kappa shape index (κ1) is 24.6. The third-order valence-electron chi connectivity index (χ3n) is 6.35. The molecule has 1 amide bonds. The van der Waals surface area contributed by atoms with E-state index in [-0.39, 0.29) is 30.0 Å². The molecule has 10 nitrogen and oxygen atoms in total. The second kappa shape index (κ2) is 10.4. The van der Waals surface area contributed by atoms with Gasteiger partial charge in [-0.05, 0) is 25.1 Å². The Morgan fingerprint density at radius 1 is 1.14 bits per heavy atom. The number of halogens is 2. The molecule has 0 spiro atoms. The van der Waals surface area contributed by atoms with Gasteiger partial charge in [0, 0.05) is 57.1 Å². The molecule has 1 unspecified atom stereocenters. The fourth-order valence-corrected chi connectivity index (χ4v) is 4.18. The van der Waals surface area contributed by atoms with Gasteiger partial charge in [-0.2, -0.15) is 0 Å². The molecular weight excluding hydrogens is 458 g/mol. The minimum absolute atomic E-state index is 0.00500. The molecule has 2 aliphatic heterocycles. The number of aromatic nitrogens is 2. The van der Waals surface area contributed by atoms with E-state index in [9.17, 15) is 13.6 Å². The molecule has 0 aliphatic carbocycles. The Kier molecular flexibility index (Phi) is 7.31. The van der Waals surface area contributed by atoms with Gasteiger partial charge in [0.25, 0.3) is 6.43 Å². The molecule has 4 N–H and O–H groups in total. The van der Waals surface area contributed by atoms with Crippen LogP contribution in [-0.4, -0.2) is 78.3 Å². The molecule has 0 bridgehead atoms. The fourth-order valence-electron chi connectivity index (χ4n) is 4.18. The van der Waals surface area contributed by atoms with Crippen molar-refractivity contribution in [3.63, 3.8) is 0 Å². The summed E-state index contributed by atoms with van der Waals surface area (Å²) in [4.78, 5) is 18.6. The fraction of sp³-hybridized carbons (Fsp3) is 0.435. The number of alkyl halides is 2. The number of fused-ring (bicyclic) bond motifs is 1. The van der Waals surface area contributed by atoms with E-state index in [0.29, 0.717) is 29.4 Å². The van der Waals surface area contributed by atoms with Crippen LogP contribution in [0.4, 0.5) is 20.3 Å². The Bertz CT molecular complexity index is 1060. The van der Waals surface area contributed by atoms with Crippen molar-refractivity contribution in [1.29, 1.82) is 0 Å². The third kappa shape index (κ3) is 5.43. The van der Waals surface area contributed by atoms with Crippen LogP contribution in [0.1, 0.15) is 18.9 Å². The maximum Gasteiger partial charge on any atom is 0.263 e. The molecule has 4 rings (SSSR count). The first-order valence-corrected chi connectivity index (χ1v) is 11.3. The number of allylic oxidation sites excluding steroid dienone is 1. The molecule has 188 valence electrons. The lowest BCUT2D eigenvalue weighted by Gasteiger charge is -2.45. The number of hydrazine groups is 1. The number of ether oxygens (including phenoxy) is 1. The van der Waals surface area contributed by atoms with Gasteiger partial charge in [0.15, 0.2) is 5.82 Å². The normalized spacial score (nSPS) is 19.5. The van der Waals surface area contributed by atoms with E-state index in [1.807, 2.05) is 7.05 Å². The molecule has 0 radical (unpaired) electrons. The van der Waals surface area contributed by atoms with E-state index in [2.05, 4.69) is 20.0 Å². The van der Waals surface area contributed by atoms with Crippen LogP contribution in [0, 0.1) is 0 Å². The summed E-state index contributed by atoms with van der Waals surface area (Å²) in [5, 5.41) is 9.73. The number of nitrogens with two attached hydrogens (primary N) is 2. The number of amides is 1. The van der Waals surface area contributed by atoms with Gasteiger partial charge >= 0.3 is 0 Å². The summed E-state index contributed by atoms with van der Waals surface area (Å²) in [5.74, 6) is 7.25. The van der Waals surface area contributed by atoms with E-state index < -0.39 is 6.43 Å². The highest BCUT2D eigenvalue weighted by Gasteiger charge is 2.37. The Morgan fingerprint density at radius 2 is 1.86 bits per heavy atom. The summed E-state index contributed by atoms with van der Waals surface area (Å²) < 4.78 is 31.4. The van der Waals surface area contributed by atoms with Crippen LogP contribution in [0.2, 0.25) is 0 Å². The first-order valence-electron chi connectivity index (χ1n) is 11.3. The van der Waals surface area contributed by atoms with Crippen molar-refractivity contribution in [1.82, 2.24) is 20.0 Å². The highest BCUT2D eigenvalue weighted by atomic mass is 19.3. The molecule has 12 heteroatoms. The molecule has 2 saturated heterocycles. The zero-order valence-electron chi connectivity index (χ0n) is 19.8. The van der Waals surface area contributed by atoms with Gasteiger partial charge < -0.3 is 20.3 Å². The van der Waals surface area contributed by atoms with Crippen LogP contribution >= 0.6 is 0 Å². The number of hydrogen-bond donors (Lipinski definition) is 2. The van der Waals surface area contributed by atoms with Gasteiger partial charge in [0.2, 0.25) is 11.8 Å². The van der Waals surface area contributed by atoms with Gasteiger partial charge in [-0.1, -0.05) is 12.1 Å².